The van der Waals surface area contributed by atoms with Gasteiger partial charge in [-0.15, -0.1) is 0 Å². The van der Waals surface area contributed by atoms with E-state index < -0.39 is 6.03 Å². The SMILES string of the molecule is CC(NC(=O)NCC(=O)N1CCN(c2ccc(Cl)cc2)CC1)c1ccc2c(c1)CC(=O)N2C. The summed E-state index contributed by atoms with van der Waals surface area (Å²) in [5, 5.41) is 6.23. The number of likely N-dealkylation sites (N-methyl/N-ethyl adjacent to an activating group) is 1. The van der Waals surface area contributed by atoms with Crippen molar-refractivity contribution in [3.05, 3.63) is 58.6 Å². The first-order chi connectivity index (χ1) is 15.8. The Balaban J connectivity index is 1.22. The van der Waals surface area contributed by atoms with Gasteiger partial charge in [0, 0.05) is 49.6 Å². The lowest BCUT2D eigenvalue weighted by atomic mass is 10.0. The molecule has 1 fully saturated rings. The van der Waals surface area contributed by atoms with Crippen molar-refractivity contribution in [3.63, 3.8) is 0 Å². The van der Waals surface area contributed by atoms with Gasteiger partial charge in [-0.2, -0.15) is 0 Å². The summed E-state index contributed by atoms with van der Waals surface area (Å²) < 4.78 is 0. The summed E-state index contributed by atoms with van der Waals surface area (Å²) in [5.41, 5.74) is 3.86. The normalized spacial score (nSPS) is 16.5. The molecule has 1 atom stereocenters. The number of anilines is 2. The number of nitrogens with one attached hydrogen (secondary N) is 2. The van der Waals surface area contributed by atoms with Gasteiger partial charge in [0.25, 0.3) is 0 Å². The maximum Gasteiger partial charge on any atom is 0.315 e. The van der Waals surface area contributed by atoms with Crippen LogP contribution in [0.5, 0.6) is 0 Å². The van der Waals surface area contributed by atoms with Gasteiger partial charge >= 0.3 is 6.03 Å². The van der Waals surface area contributed by atoms with E-state index in [-0.39, 0.29) is 24.4 Å². The van der Waals surface area contributed by atoms with Crippen LogP contribution >= 0.6 is 11.6 Å². The summed E-state index contributed by atoms with van der Waals surface area (Å²) >= 11 is 5.95. The lowest BCUT2D eigenvalue weighted by molar-refractivity contribution is -0.130. The van der Waals surface area contributed by atoms with Crippen molar-refractivity contribution >= 4 is 40.8 Å². The molecule has 0 spiro atoms. The third-order valence-corrected chi connectivity index (χ3v) is 6.50. The quantitative estimate of drug-likeness (QED) is 0.704. The number of halogens is 1. The van der Waals surface area contributed by atoms with Gasteiger partial charge in [-0.1, -0.05) is 23.7 Å². The first-order valence-corrected chi connectivity index (χ1v) is 11.4. The molecule has 4 amide bonds. The van der Waals surface area contributed by atoms with Crippen LogP contribution in [0.4, 0.5) is 16.2 Å². The third kappa shape index (κ3) is 5.22. The van der Waals surface area contributed by atoms with Crippen LogP contribution in [0.2, 0.25) is 5.02 Å². The largest absolute Gasteiger partial charge is 0.368 e. The van der Waals surface area contributed by atoms with Gasteiger partial charge in [0.15, 0.2) is 0 Å². The van der Waals surface area contributed by atoms with Gasteiger partial charge in [0.1, 0.15) is 0 Å². The molecule has 2 aromatic rings. The topological polar surface area (TPSA) is 85.0 Å². The Kier molecular flexibility index (Phi) is 6.74. The van der Waals surface area contributed by atoms with Crippen molar-refractivity contribution in [2.45, 2.75) is 19.4 Å². The Bertz CT molecular complexity index is 1050. The maximum absolute atomic E-state index is 12.5. The fourth-order valence-corrected chi connectivity index (χ4v) is 4.35. The molecule has 8 nitrogen and oxygen atoms in total. The molecule has 0 bridgehead atoms. The van der Waals surface area contributed by atoms with Crippen molar-refractivity contribution in [2.75, 3.05) is 49.6 Å². The van der Waals surface area contributed by atoms with E-state index in [0.717, 1.165) is 35.6 Å². The van der Waals surface area contributed by atoms with E-state index in [1.807, 2.05) is 49.4 Å². The summed E-state index contributed by atoms with van der Waals surface area (Å²) in [5.74, 6) is -0.0411. The van der Waals surface area contributed by atoms with Crippen LogP contribution < -0.4 is 20.4 Å². The number of carbonyl (C=O) groups excluding carboxylic acids is 3. The Morgan fingerprint density at radius 1 is 1.06 bits per heavy atom. The summed E-state index contributed by atoms with van der Waals surface area (Å²) in [6.45, 7) is 4.48. The third-order valence-electron chi connectivity index (χ3n) is 6.25. The van der Waals surface area contributed by atoms with Gasteiger partial charge < -0.3 is 25.3 Å². The van der Waals surface area contributed by atoms with E-state index in [1.165, 1.54) is 0 Å². The molecule has 1 unspecified atom stereocenters. The summed E-state index contributed by atoms with van der Waals surface area (Å²) in [7, 11) is 1.76. The van der Waals surface area contributed by atoms with E-state index in [9.17, 15) is 14.4 Å². The van der Waals surface area contributed by atoms with Crippen LogP contribution in [-0.4, -0.2) is 62.5 Å². The van der Waals surface area contributed by atoms with Crippen molar-refractivity contribution in [1.82, 2.24) is 15.5 Å². The van der Waals surface area contributed by atoms with Crippen LogP contribution in [0.3, 0.4) is 0 Å². The lowest BCUT2D eigenvalue weighted by Gasteiger charge is -2.36. The number of piperazine rings is 1. The van der Waals surface area contributed by atoms with E-state index >= 15 is 0 Å². The van der Waals surface area contributed by atoms with Crippen molar-refractivity contribution in [2.24, 2.45) is 0 Å². The van der Waals surface area contributed by atoms with Crippen molar-refractivity contribution < 1.29 is 14.4 Å². The molecule has 2 aliphatic heterocycles. The molecule has 9 heteroatoms. The highest BCUT2D eigenvalue weighted by molar-refractivity contribution is 6.30. The number of rotatable bonds is 5. The number of amides is 4. The second-order valence-electron chi connectivity index (χ2n) is 8.41. The fraction of sp³-hybridized carbons (Fsp3) is 0.375. The Labute approximate surface area is 198 Å². The first-order valence-electron chi connectivity index (χ1n) is 11.0. The minimum Gasteiger partial charge on any atom is -0.368 e. The molecular weight excluding hydrogens is 442 g/mol. The first kappa shape index (κ1) is 22.9. The molecule has 4 rings (SSSR count). The molecular formula is C24H28ClN5O3. The summed E-state index contributed by atoms with van der Waals surface area (Å²) in [6.07, 6.45) is 0.373. The predicted octanol–water partition coefficient (Wildman–Crippen LogP) is 2.57. The van der Waals surface area contributed by atoms with E-state index in [2.05, 4.69) is 15.5 Å². The van der Waals surface area contributed by atoms with Gasteiger partial charge in [-0.05, 0) is 48.4 Å². The molecule has 0 aromatic heterocycles. The molecule has 0 radical (unpaired) electrons. The molecule has 2 heterocycles. The zero-order valence-electron chi connectivity index (χ0n) is 18.8. The van der Waals surface area contributed by atoms with Crippen LogP contribution in [0.1, 0.15) is 24.1 Å². The van der Waals surface area contributed by atoms with Gasteiger partial charge in [0.05, 0.1) is 19.0 Å². The number of carbonyl (C=O) groups is 3. The molecule has 0 aliphatic carbocycles. The lowest BCUT2D eigenvalue weighted by Crippen LogP contribution is -2.52. The van der Waals surface area contributed by atoms with Crippen LogP contribution in [0, 0.1) is 0 Å². The number of fused-ring (bicyclic) bond motifs is 1. The number of urea groups is 1. The van der Waals surface area contributed by atoms with Gasteiger partial charge in [-0.25, -0.2) is 4.79 Å². The van der Waals surface area contributed by atoms with Gasteiger partial charge in [-0.3, -0.25) is 9.59 Å². The summed E-state index contributed by atoms with van der Waals surface area (Å²) in [6, 6.07) is 12.8. The maximum atomic E-state index is 12.5. The fourth-order valence-electron chi connectivity index (χ4n) is 4.22. The molecule has 174 valence electrons. The van der Waals surface area contributed by atoms with Crippen LogP contribution in [0.15, 0.2) is 42.5 Å². The predicted molar refractivity (Wildman–Crippen MR) is 129 cm³/mol. The monoisotopic (exact) mass is 469 g/mol. The number of hydrogen-bond acceptors (Lipinski definition) is 4. The van der Waals surface area contributed by atoms with E-state index in [0.29, 0.717) is 24.5 Å². The van der Waals surface area contributed by atoms with E-state index in [4.69, 9.17) is 11.6 Å². The second-order valence-corrected chi connectivity index (χ2v) is 8.85. The Morgan fingerprint density at radius 2 is 1.76 bits per heavy atom. The van der Waals surface area contributed by atoms with Crippen molar-refractivity contribution in [1.29, 1.82) is 0 Å². The van der Waals surface area contributed by atoms with Crippen LogP contribution in [0.25, 0.3) is 0 Å². The Morgan fingerprint density at radius 3 is 2.45 bits per heavy atom. The number of benzene rings is 2. The Hall–Kier alpha value is -3.26. The van der Waals surface area contributed by atoms with Gasteiger partial charge in [0.2, 0.25) is 11.8 Å². The highest BCUT2D eigenvalue weighted by Gasteiger charge is 2.25. The molecule has 0 saturated carbocycles. The zero-order valence-corrected chi connectivity index (χ0v) is 19.6. The molecule has 1 saturated heterocycles. The highest BCUT2D eigenvalue weighted by Crippen LogP contribution is 2.30. The zero-order chi connectivity index (χ0) is 23.5. The minimum absolute atomic E-state index is 0.0526. The molecule has 2 aromatic carbocycles. The standard InChI is InChI=1S/C24H28ClN5O3/c1-16(17-3-8-21-18(13-17)14-22(31)28(21)2)27-24(33)26-15-23(32)30-11-9-29(10-12-30)20-6-4-19(25)5-7-20/h3-8,13,16H,9-12,14-15H2,1-2H3,(H2,26,27,33). The molecule has 2 N–H and O–H groups in total. The second kappa shape index (κ2) is 9.70. The summed E-state index contributed by atoms with van der Waals surface area (Å²) in [4.78, 5) is 42.4. The smallest absolute Gasteiger partial charge is 0.315 e. The molecule has 2 aliphatic rings. The van der Waals surface area contributed by atoms with Crippen molar-refractivity contribution in [3.8, 4) is 0 Å². The number of hydrogen-bond donors (Lipinski definition) is 2. The minimum atomic E-state index is -0.399. The average molecular weight is 470 g/mol. The van der Waals surface area contributed by atoms with Crippen LogP contribution in [-0.2, 0) is 16.0 Å². The average Bonchev–Trinajstić information content (AvgIpc) is 3.10. The van der Waals surface area contributed by atoms with E-state index in [1.54, 1.807) is 16.8 Å². The highest BCUT2D eigenvalue weighted by atomic mass is 35.5. The molecule has 33 heavy (non-hydrogen) atoms. The number of nitrogens with zero attached hydrogens (tertiary/aromatic N) is 3.